The summed E-state index contributed by atoms with van der Waals surface area (Å²) in [5, 5.41) is 4.83. The number of hydrogen-bond donors (Lipinski definition) is 0. The first-order chi connectivity index (χ1) is 39.5. The van der Waals surface area contributed by atoms with Crippen LogP contribution in [-0.2, 0) is 10.8 Å². The minimum absolute atomic E-state index is 0.0495. The molecule has 0 atom stereocenters. The van der Waals surface area contributed by atoms with E-state index < -0.39 is 0 Å². The number of rotatable bonds is 13. The Hall–Kier alpha value is -9.24. The summed E-state index contributed by atoms with van der Waals surface area (Å²) in [7, 11) is 0. The van der Waals surface area contributed by atoms with E-state index in [0.717, 1.165) is 54.1 Å². The molecule has 0 fully saturated rings. The van der Waals surface area contributed by atoms with Gasteiger partial charge in [0.25, 0.3) is 0 Å². The van der Waals surface area contributed by atoms with Gasteiger partial charge in [-0.2, -0.15) is 0 Å². The van der Waals surface area contributed by atoms with Crippen molar-refractivity contribution in [2.75, 3.05) is 9.80 Å². The fourth-order valence-corrected chi connectivity index (χ4v) is 14.3. The fraction of sp³-hybridized carbons (Fsp3) is 0.128. The average Bonchev–Trinajstić information content (AvgIpc) is 4.13. The van der Waals surface area contributed by atoms with E-state index in [4.69, 9.17) is 0 Å². The predicted octanol–water partition coefficient (Wildman–Crippen LogP) is 22.1. The SMILES string of the molecule is CCC1(CC)c2ccccc2-c2ccc(N(c3ccc(-c4ccccc4)cc3)c3ccc(-c4c5ccccc5c(N(c5ccc(-c6ccccc6)cc5)c5ccc6c(c5)C(CC)(CC)c5ccccc5-6)c5ccccc45)cc3)cc21. The van der Waals surface area contributed by atoms with Crippen LogP contribution in [0.2, 0.25) is 0 Å². The van der Waals surface area contributed by atoms with Crippen LogP contribution in [-0.4, -0.2) is 0 Å². The summed E-state index contributed by atoms with van der Waals surface area (Å²) < 4.78 is 0. The molecule has 0 N–H and O–H groups in total. The largest absolute Gasteiger partial charge is 0.310 e. The second-order valence-electron chi connectivity index (χ2n) is 22.0. The smallest absolute Gasteiger partial charge is 0.0618 e. The van der Waals surface area contributed by atoms with Crippen molar-refractivity contribution in [1.29, 1.82) is 0 Å². The topological polar surface area (TPSA) is 6.48 Å². The zero-order chi connectivity index (χ0) is 54.0. The zero-order valence-corrected chi connectivity index (χ0v) is 46.1. The lowest BCUT2D eigenvalue weighted by Gasteiger charge is -2.33. The lowest BCUT2D eigenvalue weighted by molar-refractivity contribution is 0.490. The highest BCUT2D eigenvalue weighted by Crippen LogP contribution is 2.57. The molecule has 0 unspecified atom stereocenters. The van der Waals surface area contributed by atoms with Gasteiger partial charge in [0.15, 0.2) is 0 Å². The maximum absolute atomic E-state index is 2.55. The van der Waals surface area contributed by atoms with Gasteiger partial charge in [0.2, 0.25) is 0 Å². The third kappa shape index (κ3) is 7.68. The van der Waals surface area contributed by atoms with Crippen molar-refractivity contribution in [3.63, 3.8) is 0 Å². The Labute approximate surface area is 471 Å². The van der Waals surface area contributed by atoms with Gasteiger partial charge in [-0.3, -0.25) is 0 Å². The van der Waals surface area contributed by atoms with E-state index in [2.05, 4.69) is 304 Å². The molecule has 0 saturated carbocycles. The quantitative estimate of drug-likeness (QED) is 0.106. The Balaban J connectivity index is 0.935. The third-order valence-corrected chi connectivity index (χ3v) is 18.4. The first kappa shape index (κ1) is 49.1. The summed E-state index contributed by atoms with van der Waals surface area (Å²) in [5.41, 5.74) is 25.1. The van der Waals surface area contributed by atoms with E-state index in [-0.39, 0.29) is 10.8 Å². The number of hydrogen-bond acceptors (Lipinski definition) is 2. The minimum atomic E-state index is -0.0753. The van der Waals surface area contributed by atoms with Crippen LogP contribution < -0.4 is 9.80 Å². The van der Waals surface area contributed by atoms with Gasteiger partial charge in [-0.05, 0) is 175 Å². The van der Waals surface area contributed by atoms with E-state index in [1.807, 2.05) is 0 Å². The van der Waals surface area contributed by atoms with Crippen LogP contribution in [0.1, 0.15) is 75.6 Å². The average molecular weight is 1030 g/mol. The van der Waals surface area contributed by atoms with Gasteiger partial charge in [0.05, 0.1) is 5.69 Å². The summed E-state index contributed by atoms with van der Waals surface area (Å²) in [5.74, 6) is 0. The van der Waals surface area contributed by atoms with Crippen LogP contribution in [0.3, 0.4) is 0 Å². The third-order valence-electron chi connectivity index (χ3n) is 18.4. The summed E-state index contributed by atoms with van der Waals surface area (Å²) in [6.45, 7) is 9.45. The molecule has 386 valence electrons. The van der Waals surface area contributed by atoms with Crippen molar-refractivity contribution in [2.24, 2.45) is 0 Å². The first-order valence-electron chi connectivity index (χ1n) is 28.9. The summed E-state index contributed by atoms with van der Waals surface area (Å²) in [4.78, 5) is 5.01. The summed E-state index contributed by atoms with van der Waals surface area (Å²) in [6.07, 6.45) is 4.13. The Morgan fingerprint density at radius 3 is 0.988 bits per heavy atom. The summed E-state index contributed by atoms with van der Waals surface area (Å²) >= 11 is 0. The molecule has 0 amide bonds. The highest BCUT2D eigenvalue weighted by atomic mass is 15.2. The van der Waals surface area contributed by atoms with Crippen molar-refractivity contribution in [3.8, 4) is 55.6 Å². The van der Waals surface area contributed by atoms with E-state index in [1.165, 1.54) is 105 Å². The molecule has 0 heterocycles. The molecule has 0 aromatic heterocycles. The van der Waals surface area contributed by atoms with Crippen LogP contribution in [0.15, 0.2) is 267 Å². The molecule has 0 spiro atoms. The molecule has 2 nitrogen and oxygen atoms in total. The van der Waals surface area contributed by atoms with E-state index in [1.54, 1.807) is 0 Å². The highest BCUT2D eigenvalue weighted by Gasteiger charge is 2.42. The Morgan fingerprint density at radius 1 is 0.250 bits per heavy atom. The standard InChI is InChI=1S/C78H64N2/c1-5-77(6-2)71-33-21-19-27-63(71)65-49-47-61(51-73(65)77)79(58-41-35-55(36-42-58)53-23-11-9-12-24-53)59-45-39-57(40-46-59)75-67-29-15-17-31-69(67)76(70-32-18-16-30-68(70)75)80(60-43-37-56(38-44-60)54-25-13-10-14-26-54)62-48-50-66-64-28-20-22-34-72(64)78(7-3,8-4)74(66)52-62/h9-52H,5-8H2,1-4H3. The molecule has 12 aromatic rings. The van der Waals surface area contributed by atoms with Crippen molar-refractivity contribution in [1.82, 2.24) is 0 Å². The maximum Gasteiger partial charge on any atom is 0.0618 e. The van der Waals surface area contributed by atoms with E-state index >= 15 is 0 Å². The van der Waals surface area contributed by atoms with Gasteiger partial charge >= 0.3 is 0 Å². The number of fused-ring (bicyclic) bond motifs is 8. The monoisotopic (exact) mass is 1030 g/mol. The molecule has 0 aliphatic heterocycles. The van der Waals surface area contributed by atoms with Gasteiger partial charge in [0, 0.05) is 50.0 Å². The van der Waals surface area contributed by atoms with Gasteiger partial charge in [0.1, 0.15) is 0 Å². The van der Waals surface area contributed by atoms with Crippen molar-refractivity contribution in [2.45, 2.75) is 64.2 Å². The fourth-order valence-electron chi connectivity index (χ4n) is 14.3. The van der Waals surface area contributed by atoms with Crippen LogP contribution in [0, 0.1) is 0 Å². The highest BCUT2D eigenvalue weighted by molar-refractivity contribution is 6.22. The van der Waals surface area contributed by atoms with Gasteiger partial charge in [-0.15, -0.1) is 0 Å². The second kappa shape index (κ2) is 19.9. The molecule has 14 rings (SSSR count). The second-order valence-corrected chi connectivity index (χ2v) is 22.0. The molecule has 2 heteroatoms. The van der Waals surface area contributed by atoms with E-state index in [0.29, 0.717) is 0 Å². The Kier molecular flexibility index (Phi) is 12.2. The van der Waals surface area contributed by atoms with Gasteiger partial charge < -0.3 is 9.80 Å². The van der Waals surface area contributed by atoms with Crippen molar-refractivity contribution in [3.05, 3.63) is 289 Å². The Bertz CT molecular complexity index is 4200. The van der Waals surface area contributed by atoms with Crippen LogP contribution in [0.25, 0.3) is 77.2 Å². The number of anilines is 6. The normalized spacial score (nSPS) is 13.4. The number of benzene rings is 12. The lowest BCUT2D eigenvalue weighted by Crippen LogP contribution is -2.23. The molecule has 0 radical (unpaired) electrons. The van der Waals surface area contributed by atoms with Crippen LogP contribution >= 0.6 is 0 Å². The van der Waals surface area contributed by atoms with Gasteiger partial charge in [-0.25, -0.2) is 0 Å². The summed E-state index contributed by atoms with van der Waals surface area (Å²) in [6, 6.07) is 100.0. The van der Waals surface area contributed by atoms with Gasteiger partial charge in [-0.1, -0.05) is 234 Å². The van der Waals surface area contributed by atoms with Crippen molar-refractivity contribution >= 4 is 55.7 Å². The molecule has 2 aliphatic carbocycles. The van der Waals surface area contributed by atoms with E-state index in [9.17, 15) is 0 Å². The maximum atomic E-state index is 2.55. The molecular weight excluding hydrogens is 965 g/mol. The minimum Gasteiger partial charge on any atom is -0.310 e. The Morgan fingerprint density at radius 2 is 0.562 bits per heavy atom. The molecule has 0 bridgehead atoms. The zero-order valence-electron chi connectivity index (χ0n) is 46.1. The van der Waals surface area contributed by atoms with Crippen molar-refractivity contribution < 1.29 is 0 Å². The van der Waals surface area contributed by atoms with Crippen LogP contribution in [0.4, 0.5) is 34.1 Å². The molecule has 0 saturated heterocycles. The number of nitrogens with zero attached hydrogens (tertiary/aromatic N) is 2. The first-order valence-corrected chi connectivity index (χ1v) is 28.9. The molecular formula is C78H64N2. The van der Waals surface area contributed by atoms with Crippen LogP contribution in [0.5, 0.6) is 0 Å². The molecule has 12 aromatic carbocycles. The molecule has 2 aliphatic rings. The molecule has 80 heavy (non-hydrogen) atoms. The lowest BCUT2D eigenvalue weighted by atomic mass is 9.74. The predicted molar refractivity (Wildman–Crippen MR) is 341 cm³/mol.